The molecule has 3 nitrogen and oxygen atoms in total. The second kappa shape index (κ2) is 5.21. The van der Waals surface area contributed by atoms with Gasteiger partial charge in [0.25, 0.3) is 0 Å². The van der Waals surface area contributed by atoms with E-state index >= 15 is 0 Å². The Morgan fingerprint density at radius 1 is 1.38 bits per heavy atom. The van der Waals surface area contributed by atoms with Crippen LogP contribution in [0.25, 0.3) is 0 Å². The van der Waals surface area contributed by atoms with Crippen molar-refractivity contribution in [2.24, 2.45) is 5.92 Å². The molecule has 1 aromatic rings. The number of nitrogens with zero attached hydrogens (tertiary/aromatic N) is 1. The van der Waals surface area contributed by atoms with Crippen molar-refractivity contribution in [2.45, 2.75) is 12.8 Å². The molecule has 1 saturated heterocycles. The van der Waals surface area contributed by atoms with Crippen LogP contribution >= 0.6 is 0 Å². The topological polar surface area (TPSA) is 32.7 Å². The van der Waals surface area contributed by atoms with E-state index in [1.54, 1.807) is 7.11 Å². The first kappa shape index (κ1) is 11.3. The van der Waals surface area contributed by atoms with E-state index in [1.807, 2.05) is 12.1 Å². The summed E-state index contributed by atoms with van der Waals surface area (Å²) in [6.07, 6.45) is 2.15. The van der Waals surface area contributed by atoms with Gasteiger partial charge in [-0.2, -0.15) is 0 Å². The zero-order valence-corrected chi connectivity index (χ0v) is 9.72. The Morgan fingerprint density at radius 3 is 2.75 bits per heavy atom. The van der Waals surface area contributed by atoms with Crippen LogP contribution in [-0.4, -0.2) is 31.9 Å². The second-order valence-corrected chi connectivity index (χ2v) is 4.31. The number of benzene rings is 1. The molecule has 0 spiro atoms. The van der Waals surface area contributed by atoms with Gasteiger partial charge in [0.1, 0.15) is 5.75 Å². The minimum atomic E-state index is 0.325. The van der Waals surface area contributed by atoms with Crippen molar-refractivity contribution in [3.05, 3.63) is 24.3 Å². The minimum absolute atomic E-state index is 0.325. The van der Waals surface area contributed by atoms with Gasteiger partial charge in [0.2, 0.25) is 0 Å². The van der Waals surface area contributed by atoms with Gasteiger partial charge < -0.3 is 14.7 Å². The Labute approximate surface area is 96.6 Å². The highest BCUT2D eigenvalue weighted by molar-refractivity contribution is 5.50. The lowest BCUT2D eigenvalue weighted by Crippen LogP contribution is -2.34. The predicted molar refractivity (Wildman–Crippen MR) is 65.0 cm³/mol. The standard InChI is InChI=1S/C13H19NO2/c1-16-13-4-2-3-12(9-13)14-7-5-11(10-15)6-8-14/h2-4,9,11,15H,5-8,10H2,1H3. The number of aliphatic hydroxyl groups excluding tert-OH is 1. The molecular formula is C13H19NO2. The Morgan fingerprint density at radius 2 is 2.12 bits per heavy atom. The molecule has 1 N–H and O–H groups in total. The molecule has 2 rings (SSSR count). The normalized spacial score (nSPS) is 17.5. The fraction of sp³-hybridized carbons (Fsp3) is 0.538. The lowest BCUT2D eigenvalue weighted by atomic mass is 9.97. The van der Waals surface area contributed by atoms with Crippen LogP contribution in [-0.2, 0) is 0 Å². The van der Waals surface area contributed by atoms with E-state index in [1.165, 1.54) is 5.69 Å². The van der Waals surface area contributed by atoms with Gasteiger partial charge in [-0.15, -0.1) is 0 Å². The molecule has 1 aliphatic rings. The van der Waals surface area contributed by atoms with Gasteiger partial charge in [-0.3, -0.25) is 0 Å². The summed E-state index contributed by atoms with van der Waals surface area (Å²) in [7, 11) is 1.69. The van der Waals surface area contributed by atoms with Crippen molar-refractivity contribution >= 4 is 5.69 Å². The summed E-state index contributed by atoms with van der Waals surface area (Å²) < 4.78 is 5.22. The third-order valence-corrected chi connectivity index (χ3v) is 3.29. The van der Waals surface area contributed by atoms with Crippen LogP contribution in [0.5, 0.6) is 5.75 Å². The molecule has 0 atom stereocenters. The highest BCUT2D eigenvalue weighted by atomic mass is 16.5. The number of ether oxygens (including phenoxy) is 1. The summed E-state index contributed by atoms with van der Waals surface area (Å²) in [5.41, 5.74) is 1.22. The number of anilines is 1. The van der Waals surface area contributed by atoms with Gasteiger partial charge in [-0.05, 0) is 30.9 Å². The van der Waals surface area contributed by atoms with Crippen LogP contribution in [0, 0.1) is 5.92 Å². The molecule has 3 heteroatoms. The molecule has 16 heavy (non-hydrogen) atoms. The van der Waals surface area contributed by atoms with Crippen molar-refractivity contribution in [1.82, 2.24) is 0 Å². The average Bonchev–Trinajstić information content (AvgIpc) is 2.39. The molecule has 0 unspecified atom stereocenters. The highest BCUT2D eigenvalue weighted by Crippen LogP contribution is 2.25. The van der Waals surface area contributed by atoms with Gasteiger partial charge in [0.05, 0.1) is 7.11 Å². The highest BCUT2D eigenvalue weighted by Gasteiger charge is 2.18. The zero-order chi connectivity index (χ0) is 11.4. The molecule has 0 saturated carbocycles. The molecule has 0 aliphatic carbocycles. The largest absolute Gasteiger partial charge is 0.497 e. The Hall–Kier alpha value is -1.22. The number of methoxy groups -OCH3 is 1. The fourth-order valence-corrected chi connectivity index (χ4v) is 2.18. The number of rotatable bonds is 3. The summed E-state index contributed by atoms with van der Waals surface area (Å²) in [6, 6.07) is 8.16. The van der Waals surface area contributed by atoms with Crippen LogP contribution in [0.3, 0.4) is 0 Å². The molecule has 88 valence electrons. The summed E-state index contributed by atoms with van der Waals surface area (Å²) in [6.45, 7) is 2.38. The minimum Gasteiger partial charge on any atom is -0.497 e. The van der Waals surface area contributed by atoms with Crippen molar-refractivity contribution in [1.29, 1.82) is 0 Å². The monoisotopic (exact) mass is 221 g/mol. The van der Waals surface area contributed by atoms with Crippen LogP contribution in [0.15, 0.2) is 24.3 Å². The van der Waals surface area contributed by atoms with Gasteiger partial charge in [-0.25, -0.2) is 0 Å². The number of aliphatic hydroxyl groups is 1. The summed E-state index contributed by atoms with van der Waals surface area (Å²) >= 11 is 0. The van der Waals surface area contributed by atoms with E-state index in [0.29, 0.717) is 12.5 Å². The SMILES string of the molecule is COc1cccc(N2CCC(CO)CC2)c1. The predicted octanol–water partition coefficient (Wildman–Crippen LogP) is 1.90. The van der Waals surface area contributed by atoms with Crippen LogP contribution in [0.2, 0.25) is 0 Å². The number of hydrogen-bond acceptors (Lipinski definition) is 3. The lowest BCUT2D eigenvalue weighted by molar-refractivity contribution is 0.203. The summed E-state index contributed by atoms with van der Waals surface area (Å²) in [5, 5.41) is 9.09. The van der Waals surface area contributed by atoms with E-state index in [2.05, 4.69) is 17.0 Å². The van der Waals surface area contributed by atoms with Crippen molar-refractivity contribution < 1.29 is 9.84 Å². The molecule has 0 radical (unpaired) electrons. The quantitative estimate of drug-likeness (QED) is 0.846. The summed E-state index contributed by atoms with van der Waals surface area (Å²) in [4.78, 5) is 2.36. The molecule has 1 fully saturated rings. The van der Waals surface area contributed by atoms with E-state index in [4.69, 9.17) is 9.84 Å². The summed E-state index contributed by atoms with van der Waals surface area (Å²) in [5.74, 6) is 1.39. The first-order valence-corrected chi connectivity index (χ1v) is 5.83. The molecular weight excluding hydrogens is 202 g/mol. The molecule has 0 amide bonds. The number of piperidine rings is 1. The smallest absolute Gasteiger partial charge is 0.120 e. The van der Waals surface area contributed by atoms with Crippen molar-refractivity contribution in [3.8, 4) is 5.75 Å². The maximum atomic E-state index is 9.09. The Balaban J connectivity index is 2.02. The van der Waals surface area contributed by atoms with Gasteiger partial charge >= 0.3 is 0 Å². The maximum absolute atomic E-state index is 9.09. The van der Waals surface area contributed by atoms with Gasteiger partial charge in [0, 0.05) is 31.5 Å². The van der Waals surface area contributed by atoms with E-state index in [9.17, 15) is 0 Å². The second-order valence-electron chi connectivity index (χ2n) is 4.31. The molecule has 0 aromatic heterocycles. The Kier molecular flexibility index (Phi) is 3.67. The van der Waals surface area contributed by atoms with Crippen LogP contribution < -0.4 is 9.64 Å². The Bertz CT molecular complexity index is 332. The first-order valence-electron chi connectivity index (χ1n) is 5.83. The number of hydrogen-bond donors (Lipinski definition) is 1. The van der Waals surface area contributed by atoms with Crippen LogP contribution in [0.4, 0.5) is 5.69 Å². The molecule has 1 heterocycles. The first-order chi connectivity index (χ1) is 7.83. The lowest BCUT2D eigenvalue weighted by Gasteiger charge is -2.33. The van der Waals surface area contributed by atoms with E-state index in [-0.39, 0.29) is 0 Å². The molecule has 0 bridgehead atoms. The fourth-order valence-electron chi connectivity index (χ4n) is 2.18. The van der Waals surface area contributed by atoms with Gasteiger partial charge in [-0.1, -0.05) is 6.07 Å². The van der Waals surface area contributed by atoms with Crippen molar-refractivity contribution in [2.75, 3.05) is 31.7 Å². The van der Waals surface area contributed by atoms with Crippen molar-refractivity contribution in [3.63, 3.8) is 0 Å². The van der Waals surface area contributed by atoms with Gasteiger partial charge in [0.15, 0.2) is 0 Å². The van der Waals surface area contributed by atoms with E-state index in [0.717, 1.165) is 31.7 Å². The third kappa shape index (κ3) is 2.47. The average molecular weight is 221 g/mol. The molecule has 1 aliphatic heterocycles. The maximum Gasteiger partial charge on any atom is 0.120 e. The third-order valence-electron chi connectivity index (χ3n) is 3.29. The zero-order valence-electron chi connectivity index (χ0n) is 9.72. The molecule has 1 aromatic carbocycles. The van der Waals surface area contributed by atoms with Crippen LogP contribution in [0.1, 0.15) is 12.8 Å². The van der Waals surface area contributed by atoms with E-state index < -0.39 is 0 Å².